The number of benzene rings is 3. The zero-order chi connectivity index (χ0) is 23.9. The van der Waals surface area contributed by atoms with Gasteiger partial charge in [0.05, 0.1) is 34.5 Å². The number of aliphatic hydroxyl groups is 1. The molecule has 0 spiro atoms. The average molecular weight is 484 g/mol. The number of carbonyl (C=O) groups excluding carboxylic acids is 2. The molecule has 4 rings (SSSR count). The smallest absolute Gasteiger partial charge is 0.300 e. The van der Waals surface area contributed by atoms with Crippen LogP contribution < -0.4 is 9.64 Å². The first-order chi connectivity index (χ1) is 15.7. The largest absolute Gasteiger partial charge is 0.507 e. The Morgan fingerprint density at radius 1 is 1.00 bits per heavy atom. The maximum absolute atomic E-state index is 13.2. The molecule has 1 fully saturated rings. The molecule has 1 saturated heterocycles. The fourth-order valence-electron chi connectivity index (χ4n) is 3.95. The van der Waals surface area contributed by atoms with Crippen LogP contribution in [0.25, 0.3) is 5.76 Å². The predicted molar refractivity (Wildman–Crippen MR) is 127 cm³/mol. The quantitative estimate of drug-likeness (QED) is 0.284. The van der Waals surface area contributed by atoms with Gasteiger partial charge in [0.1, 0.15) is 11.5 Å². The Hall–Kier alpha value is -3.48. The van der Waals surface area contributed by atoms with E-state index >= 15 is 0 Å². The Morgan fingerprint density at radius 2 is 1.67 bits per heavy atom. The Balaban J connectivity index is 1.99. The van der Waals surface area contributed by atoms with Gasteiger partial charge in [0.25, 0.3) is 11.7 Å². The number of rotatable bonds is 4. The Bertz CT molecular complexity index is 1290. The van der Waals surface area contributed by atoms with E-state index in [0.29, 0.717) is 5.56 Å². The molecule has 33 heavy (non-hydrogen) atoms. The van der Waals surface area contributed by atoms with Crippen molar-refractivity contribution in [3.8, 4) is 11.5 Å². The Morgan fingerprint density at radius 3 is 2.27 bits per heavy atom. The second-order valence-corrected chi connectivity index (χ2v) is 8.36. The number of methoxy groups -OCH3 is 1. The van der Waals surface area contributed by atoms with E-state index in [-0.39, 0.29) is 38.4 Å². The van der Waals surface area contributed by atoms with Gasteiger partial charge in [0.15, 0.2) is 5.75 Å². The third-order valence-electron chi connectivity index (χ3n) is 5.42. The normalized spacial score (nSPS) is 17.5. The number of Topliss-reactive ketones (excluding diaryl/α,β-unsaturated/α-hetero) is 1. The Kier molecular flexibility index (Phi) is 6.06. The number of aryl methyl sites for hydroxylation is 1. The fourth-order valence-corrected chi connectivity index (χ4v) is 4.59. The molecule has 168 valence electrons. The number of amides is 1. The lowest BCUT2D eigenvalue weighted by atomic mass is 9.94. The molecule has 1 heterocycles. The van der Waals surface area contributed by atoms with Gasteiger partial charge in [0, 0.05) is 5.56 Å². The molecule has 0 bridgehead atoms. The number of hydrogen-bond acceptors (Lipinski definition) is 5. The summed E-state index contributed by atoms with van der Waals surface area (Å²) in [7, 11) is 1.40. The number of phenolic OH excluding ortho intramolecular Hbond substituents is 1. The third-order valence-corrected chi connectivity index (χ3v) is 5.98. The lowest BCUT2D eigenvalue weighted by molar-refractivity contribution is -0.132. The fraction of sp³-hybridized carbons (Fsp3) is 0.120. The van der Waals surface area contributed by atoms with E-state index in [0.717, 1.165) is 5.56 Å². The van der Waals surface area contributed by atoms with Crippen molar-refractivity contribution >= 4 is 46.3 Å². The third kappa shape index (κ3) is 3.92. The lowest BCUT2D eigenvalue weighted by Gasteiger charge is -2.26. The van der Waals surface area contributed by atoms with Crippen LogP contribution in [0.2, 0.25) is 10.0 Å². The summed E-state index contributed by atoms with van der Waals surface area (Å²) in [6.07, 6.45) is 0. The van der Waals surface area contributed by atoms with Crippen molar-refractivity contribution in [3.05, 3.63) is 93.0 Å². The molecule has 1 aliphatic rings. The molecule has 1 amide bonds. The van der Waals surface area contributed by atoms with E-state index < -0.39 is 23.5 Å². The number of anilines is 1. The van der Waals surface area contributed by atoms with Gasteiger partial charge >= 0.3 is 0 Å². The van der Waals surface area contributed by atoms with E-state index in [9.17, 15) is 19.8 Å². The van der Waals surface area contributed by atoms with Crippen LogP contribution in [0.15, 0.2) is 66.2 Å². The molecule has 6 nitrogen and oxygen atoms in total. The number of nitrogens with zero attached hydrogens (tertiary/aromatic N) is 1. The number of aromatic hydroxyl groups is 1. The van der Waals surface area contributed by atoms with Crippen molar-refractivity contribution in [1.82, 2.24) is 0 Å². The van der Waals surface area contributed by atoms with Crippen molar-refractivity contribution in [1.29, 1.82) is 0 Å². The summed E-state index contributed by atoms with van der Waals surface area (Å²) in [5, 5.41) is 21.9. The minimum Gasteiger partial charge on any atom is -0.507 e. The molecule has 0 aliphatic carbocycles. The van der Waals surface area contributed by atoms with Gasteiger partial charge in [-0.15, -0.1) is 0 Å². The van der Waals surface area contributed by atoms with Crippen LogP contribution in [-0.4, -0.2) is 29.0 Å². The van der Waals surface area contributed by atoms with E-state index in [1.54, 1.807) is 24.3 Å². The van der Waals surface area contributed by atoms with E-state index in [2.05, 4.69) is 0 Å². The standard InChI is InChI=1S/C25H19Cl2NO5/c1-13-6-5-7-14(10-13)21-20(22(30)15-11-16(26)24(33-2)17(27)12-15)23(31)25(32)28(21)18-8-3-4-9-19(18)29/h3-12,21,29-30H,1-2H3/b22-20+. The van der Waals surface area contributed by atoms with Gasteiger partial charge in [-0.25, -0.2) is 0 Å². The number of ketones is 1. The maximum atomic E-state index is 13.2. The molecule has 0 radical (unpaired) electrons. The SMILES string of the molecule is COc1c(Cl)cc(/C(O)=C2\C(=O)C(=O)N(c3ccccc3O)C2c2cccc(C)c2)cc1Cl. The monoisotopic (exact) mass is 483 g/mol. The highest BCUT2D eigenvalue weighted by Gasteiger charge is 2.47. The van der Waals surface area contributed by atoms with E-state index in [4.69, 9.17) is 27.9 Å². The molecule has 3 aromatic carbocycles. The molecule has 8 heteroatoms. The lowest BCUT2D eigenvalue weighted by Crippen LogP contribution is -2.29. The summed E-state index contributed by atoms with van der Waals surface area (Å²) in [4.78, 5) is 27.5. The first-order valence-corrected chi connectivity index (χ1v) is 10.7. The summed E-state index contributed by atoms with van der Waals surface area (Å²) in [5.41, 5.74) is 1.64. The molecular weight excluding hydrogens is 465 g/mol. The second kappa shape index (κ2) is 8.81. The number of hydrogen-bond donors (Lipinski definition) is 2. The summed E-state index contributed by atoms with van der Waals surface area (Å²) in [5.74, 6) is -2.17. The van der Waals surface area contributed by atoms with Gasteiger partial charge in [-0.1, -0.05) is 65.2 Å². The first-order valence-electron chi connectivity index (χ1n) is 9.93. The van der Waals surface area contributed by atoms with Crippen LogP contribution in [0.5, 0.6) is 11.5 Å². The molecule has 2 N–H and O–H groups in total. The second-order valence-electron chi connectivity index (χ2n) is 7.55. The van der Waals surface area contributed by atoms with Crippen LogP contribution in [0.4, 0.5) is 5.69 Å². The van der Waals surface area contributed by atoms with Crippen LogP contribution >= 0.6 is 23.2 Å². The highest BCUT2D eigenvalue weighted by atomic mass is 35.5. The van der Waals surface area contributed by atoms with Gasteiger partial charge < -0.3 is 14.9 Å². The zero-order valence-electron chi connectivity index (χ0n) is 17.7. The first kappa shape index (κ1) is 22.7. The molecule has 0 saturated carbocycles. The van der Waals surface area contributed by atoms with Crippen LogP contribution in [0, 0.1) is 6.92 Å². The molecule has 3 aromatic rings. The van der Waals surface area contributed by atoms with Gasteiger partial charge in [-0.05, 0) is 36.8 Å². The zero-order valence-corrected chi connectivity index (χ0v) is 19.2. The van der Waals surface area contributed by atoms with Crippen LogP contribution in [0.3, 0.4) is 0 Å². The topological polar surface area (TPSA) is 87.1 Å². The minimum atomic E-state index is -0.988. The molecule has 0 aromatic heterocycles. The summed E-state index contributed by atoms with van der Waals surface area (Å²) in [6, 6.07) is 15.2. The summed E-state index contributed by atoms with van der Waals surface area (Å²) >= 11 is 12.5. The van der Waals surface area contributed by atoms with Gasteiger partial charge in [0.2, 0.25) is 0 Å². The number of para-hydroxylation sites is 2. The molecule has 1 aliphatic heterocycles. The number of ether oxygens (including phenoxy) is 1. The molecule has 1 unspecified atom stereocenters. The highest BCUT2D eigenvalue weighted by molar-refractivity contribution is 6.52. The van der Waals surface area contributed by atoms with Gasteiger partial charge in [-0.3, -0.25) is 14.5 Å². The van der Waals surface area contributed by atoms with Crippen molar-refractivity contribution < 1.29 is 24.5 Å². The van der Waals surface area contributed by atoms with Crippen LogP contribution in [-0.2, 0) is 9.59 Å². The number of aliphatic hydroxyl groups excluding tert-OH is 1. The van der Waals surface area contributed by atoms with Crippen LogP contribution in [0.1, 0.15) is 22.7 Å². The van der Waals surface area contributed by atoms with Crippen molar-refractivity contribution in [2.24, 2.45) is 0 Å². The number of carbonyl (C=O) groups is 2. The molecule has 1 atom stereocenters. The minimum absolute atomic E-state index is 0.133. The molecular formula is C25H19Cl2NO5. The summed E-state index contributed by atoms with van der Waals surface area (Å²) < 4.78 is 5.15. The van der Waals surface area contributed by atoms with Crippen molar-refractivity contribution in [2.75, 3.05) is 12.0 Å². The summed E-state index contributed by atoms with van der Waals surface area (Å²) in [6.45, 7) is 1.87. The van der Waals surface area contributed by atoms with Crippen molar-refractivity contribution in [2.45, 2.75) is 13.0 Å². The predicted octanol–water partition coefficient (Wildman–Crippen LogP) is 5.64. The van der Waals surface area contributed by atoms with E-state index in [1.165, 1.54) is 36.3 Å². The highest BCUT2D eigenvalue weighted by Crippen LogP contribution is 2.45. The van der Waals surface area contributed by atoms with E-state index in [1.807, 2.05) is 19.1 Å². The number of phenols is 1. The number of halogens is 2. The Labute approximate surface area is 200 Å². The average Bonchev–Trinajstić information content (AvgIpc) is 3.04. The maximum Gasteiger partial charge on any atom is 0.300 e. The van der Waals surface area contributed by atoms with Crippen molar-refractivity contribution in [3.63, 3.8) is 0 Å². The van der Waals surface area contributed by atoms with Gasteiger partial charge in [-0.2, -0.15) is 0 Å².